The van der Waals surface area contributed by atoms with Crippen LogP contribution >= 0.6 is 0 Å². The highest BCUT2D eigenvalue weighted by molar-refractivity contribution is 5.73. The highest BCUT2D eigenvalue weighted by atomic mass is 19.4. The lowest BCUT2D eigenvalue weighted by Crippen LogP contribution is -2.42. The number of aliphatic hydroxyl groups excluding tert-OH is 1. The van der Waals surface area contributed by atoms with Crippen molar-refractivity contribution in [2.75, 3.05) is 13.1 Å². The number of alkyl halides is 3. The van der Waals surface area contributed by atoms with Crippen LogP contribution in [0, 0.1) is 0 Å². The molecule has 13 heavy (non-hydrogen) atoms. The zero-order valence-corrected chi connectivity index (χ0v) is 6.98. The molecule has 0 aliphatic heterocycles. The minimum absolute atomic E-state index is 0.0797. The zero-order chi connectivity index (χ0) is 10.5. The van der Waals surface area contributed by atoms with Crippen LogP contribution in [0.15, 0.2) is 0 Å². The number of aliphatic hydroxyl groups is 1. The largest absolute Gasteiger partial charge is 0.405 e. The molecule has 3 N–H and O–H groups in total. The van der Waals surface area contributed by atoms with Crippen molar-refractivity contribution in [2.24, 2.45) is 0 Å². The number of urea groups is 1. The van der Waals surface area contributed by atoms with Gasteiger partial charge in [-0.2, -0.15) is 13.2 Å². The van der Waals surface area contributed by atoms with E-state index in [1.807, 2.05) is 0 Å². The van der Waals surface area contributed by atoms with Crippen molar-refractivity contribution in [1.29, 1.82) is 0 Å². The first-order valence-electron chi connectivity index (χ1n) is 3.58. The maximum Gasteiger partial charge on any atom is 0.405 e. The molecule has 7 heteroatoms. The summed E-state index contributed by atoms with van der Waals surface area (Å²) in [5.41, 5.74) is 0. The third-order valence-electron chi connectivity index (χ3n) is 1.01. The van der Waals surface area contributed by atoms with E-state index in [4.69, 9.17) is 5.11 Å². The summed E-state index contributed by atoms with van der Waals surface area (Å²) in [6, 6.07) is -0.946. The van der Waals surface area contributed by atoms with Gasteiger partial charge in [0.1, 0.15) is 6.54 Å². The second kappa shape index (κ2) is 4.90. The maximum absolute atomic E-state index is 11.5. The van der Waals surface area contributed by atoms with Crippen LogP contribution in [0.2, 0.25) is 0 Å². The first-order chi connectivity index (χ1) is 5.81. The number of hydrogen-bond acceptors (Lipinski definition) is 2. The van der Waals surface area contributed by atoms with E-state index in [9.17, 15) is 18.0 Å². The monoisotopic (exact) mass is 200 g/mol. The predicted octanol–water partition coefficient (Wildman–Crippen LogP) is 0.229. The van der Waals surface area contributed by atoms with Gasteiger partial charge >= 0.3 is 12.2 Å². The summed E-state index contributed by atoms with van der Waals surface area (Å²) >= 11 is 0. The van der Waals surface area contributed by atoms with Crippen LogP contribution in [-0.2, 0) is 0 Å². The molecule has 2 amide bonds. The first-order valence-corrected chi connectivity index (χ1v) is 3.58. The van der Waals surface area contributed by atoms with Gasteiger partial charge in [0.2, 0.25) is 0 Å². The molecule has 0 aliphatic carbocycles. The third kappa shape index (κ3) is 8.93. The number of halogens is 3. The van der Waals surface area contributed by atoms with E-state index >= 15 is 0 Å². The van der Waals surface area contributed by atoms with E-state index in [2.05, 4.69) is 5.32 Å². The fourth-order valence-electron chi connectivity index (χ4n) is 0.483. The lowest BCUT2D eigenvalue weighted by Gasteiger charge is -2.10. The predicted molar refractivity (Wildman–Crippen MR) is 39.1 cm³/mol. The average Bonchev–Trinajstić information content (AvgIpc) is 1.95. The van der Waals surface area contributed by atoms with E-state index in [0.717, 1.165) is 0 Å². The summed E-state index contributed by atoms with van der Waals surface area (Å²) in [6.45, 7) is -0.0492. The smallest absolute Gasteiger partial charge is 0.392 e. The van der Waals surface area contributed by atoms with Crippen LogP contribution < -0.4 is 10.6 Å². The second-order valence-corrected chi connectivity index (χ2v) is 2.53. The van der Waals surface area contributed by atoms with Crippen LogP contribution in [0.5, 0.6) is 0 Å². The summed E-state index contributed by atoms with van der Waals surface area (Å²) < 4.78 is 34.6. The Balaban J connectivity index is 3.53. The Kier molecular flexibility index (Phi) is 4.53. The molecule has 78 valence electrons. The Morgan fingerprint density at radius 2 is 2.00 bits per heavy atom. The van der Waals surface area contributed by atoms with Gasteiger partial charge in [0.25, 0.3) is 0 Å². The Bertz CT molecular complexity index is 170. The van der Waals surface area contributed by atoms with Crippen molar-refractivity contribution >= 4 is 6.03 Å². The van der Waals surface area contributed by atoms with E-state index in [1.54, 1.807) is 5.32 Å². The van der Waals surface area contributed by atoms with Crippen molar-refractivity contribution in [3.05, 3.63) is 0 Å². The van der Waals surface area contributed by atoms with Crippen LogP contribution in [0.4, 0.5) is 18.0 Å². The molecular formula is C6H11F3N2O2. The zero-order valence-electron chi connectivity index (χ0n) is 6.98. The molecule has 0 spiro atoms. The van der Waals surface area contributed by atoms with Gasteiger partial charge in [0, 0.05) is 6.54 Å². The average molecular weight is 200 g/mol. The molecule has 0 aromatic carbocycles. The summed E-state index contributed by atoms with van der Waals surface area (Å²) in [4.78, 5) is 10.6. The number of nitrogens with one attached hydrogen (secondary N) is 2. The Hall–Kier alpha value is -0.980. The number of carbonyl (C=O) groups is 1. The summed E-state index contributed by atoms with van der Waals surface area (Å²) in [7, 11) is 0. The summed E-state index contributed by atoms with van der Waals surface area (Å²) in [5.74, 6) is 0. The highest BCUT2D eigenvalue weighted by Gasteiger charge is 2.27. The SMILES string of the molecule is CC(O)CNC(=O)NCC(F)(F)F. The summed E-state index contributed by atoms with van der Waals surface area (Å²) in [6.07, 6.45) is -5.20. The van der Waals surface area contributed by atoms with Gasteiger partial charge in [0.15, 0.2) is 0 Å². The fourth-order valence-corrected chi connectivity index (χ4v) is 0.483. The quantitative estimate of drug-likeness (QED) is 0.610. The molecule has 0 aromatic rings. The number of amides is 2. The van der Waals surface area contributed by atoms with Gasteiger partial charge in [0.05, 0.1) is 6.10 Å². The Morgan fingerprint density at radius 1 is 1.46 bits per heavy atom. The van der Waals surface area contributed by atoms with Gasteiger partial charge in [-0.05, 0) is 6.92 Å². The molecular weight excluding hydrogens is 189 g/mol. The molecule has 0 rings (SSSR count). The number of hydrogen-bond donors (Lipinski definition) is 3. The first kappa shape index (κ1) is 12.0. The standard InChI is InChI=1S/C6H11F3N2O2/c1-4(12)2-10-5(13)11-3-6(7,8)9/h4,12H,2-3H2,1H3,(H2,10,11,13). The van der Waals surface area contributed by atoms with Gasteiger partial charge in [-0.1, -0.05) is 0 Å². The lowest BCUT2D eigenvalue weighted by atomic mass is 10.4. The molecule has 0 saturated carbocycles. The molecule has 0 heterocycles. The van der Waals surface area contributed by atoms with E-state index in [-0.39, 0.29) is 6.54 Å². The molecule has 0 bridgehead atoms. The maximum atomic E-state index is 11.5. The molecule has 1 unspecified atom stereocenters. The normalized spacial score (nSPS) is 13.6. The van der Waals surface area contributed by atoms with Crippen molar-refractivity contribution in [1.82, 2.24) is 10.6 Å². The third-order valence-corrected chi connectivity index (χ3v) is 1.01. The van der Waals surface area contributed by atoms with Crippen molar-refractivity contribution < 1.29 is 23.1 Å². The van der Waals surface area contributed by atoms with Gasteiger partial charge < -0.3 is 15.7 Å². The van der Waals surface area contributed by atoms with Crippen LogP contribution in [0.1, 0.15) is 6.92 Å². The summed E-state index contributed by atoms with van der Waals surface area (Å²) in [5, 5.41) is 12.3. The Morgan fingerprint density at radius 3 is 2.38 bits per heavy atom. The number of carbonyl (C=O) groups excluding carboxylic acids is 1. The Labute approximate surface area is 73.1 Å². The van der Waals surface area contributed by atoms with Gasteiger partial charge in [-0.3, -0.25) is 0 Å². The van der Waals surface area contributed by atoms with Crippen LogP contribution in [0.25, 0.3) is 0 Å². The minimum Gasteiger partial charge on any atom is -0.392 e. The number of rotatable bonds is 3. The van der Waals surface area contributed by atoms with Crippen molar-refractivity contribution in [2.45, 2.75) is 19.2 Å². The van der Waals surface area contributed by atoms with Crippen molar-refractivity contribution in [3.8, 4) is 0 Å². The van der Waals surface area contributed by atoms with Crippen LogP contribution in [0.3, 0.4) is 0 Å². The van der Waals surface area contributed by atoms with Gasteiger partial charge in [-0.25, -0.2) is 4.79 Å². The lowest BCUT2D eigenvalue weighted by molar-refractivity contribution is -0.122. The molecule has 0 radical (unpaired) electrons. The molecule has 1 atom stereocenters. The molecule has 4 nitrogen and oxygen atoms in total. The fraction of sp³-hybridized carbons (Fsp3) is 0.833. The second-order valence-electron chi connectivity index (χ2n) is 2.53. The molecule has 0 fully saturated rings. The van der Waals surface area contributed by atoms with Crippen LogP contribution in [-0.4, -0.2) is 36.5 Å². The topological polar surface area (TPSA) is 61.4 Å². The molecule has 0 aliphatic rings. The van der Waals surface area contributed by atoms with E-state index < -0.39 is 24.9 Å². The van der Waals surface area contributed by atoms with Crippen molar-refractivity contribution in [3.63, 3.8) is 0 Å². The van der Waals surface area contributed by atoms with Gasteiger partial charge in [-0.15, -0.1) is 0 Å². The van der Waals surface area contributed by atoms with E-state index in [1.165, 1.54) is 6.92 Å². The molecule has 0 saturated heterocycles. The van der Waals surface area contributed by atoms with E-state index in [0.29, 0.717) is 0 Å². The highest BCUT2D eigenvalue weighted by Crippen LogP contribution is 2.11. The minimum atomic E-state index is -4.41. The molecule has 0 aromatic heterocycles.